The summed E-state index contributed by atoms with van der Waals surface area (Å²) in [5.41, 5.74) is 2.52. The first kappa shape index (κ1) is 15.8. The van der Waals surface area contributed by atoms with Crippen molar-refractivity contribution in [1.82, 2.24) is 15.3 Å². The van der Waals surface area contributed by atoms with Crippen LogP contribution in [-0.2, 0) is 6.54 Å². The number of carbonyl (C=O) groups excluding carboxylic acids is 1. The maximum absolute atomic E-state index is 13.4. The van der Waals surface area contributed by atoms with Gasteiger partial charge in [-0.25, -0.2) is 9.37 Å². The molecule has 4 aromatic rings. The Balaban J connectivity index is 1.68. The van der Waals surface area contributed by atoms with Gasteiger partial charge >= 0.3 is 0 Å². The van der Waals surface area contributed by atoms with Crippen LogP contribution in [0, 0.1) is 5.82 Å². The van der Waals surface area contributed by atoms with Gasteiger partial charge in [-0.15, -0.1) is 0 Å². The Bertz CT molecular complexity index is 1110. The number of halogens is 2. The van der Waals surface area contributed by atoms with Crippen molar-refractivity contribution in [2.75, 3.05) is 0 Å². The molecule has 2 aromatic heterocycles. The van der Waals surface area contributed by atoms with Crippen molar-refractivity contribution in [2.24, 2.45) is 0 Å². The number of hydrogen-bond donors (Lipinski definition) is 2. The van der Waals surface area contributed by atoms with Crippen LogP contribution in [0.4, 0.5) is 4.39 Å². The molecule has 4 nitrogen and oxygen atoms in total. The summed E-state index contributed by atoms with van der Waals surface area (Å²) in [6.45, 7) is 0.394. The van der Waals surface area contributed by atoms with Gasteiger partial charge in [-0.05, 0) is 42.0 Å². The lowest BCUT2D eigenvalue weighted by Crippen LogP contribution is -2.24. The minimum atomic E-state index is -0.326. The molecule has 0 radical (unpaired) electrons. The first-order valence-electron chi connectivity index (χ1n) is 7.70. The van der Waals surface area contributed by atoms with Gasteiger partial charge in [-0.2, -0.15) is 0 Å². The lowest BCUT2D eigenvalue weighted by molar-refractivity contribution is 0.0947. The van der Waals surface area contributed by atoms with E-state index in [1.165, 1.54) is 12.1 Å². The topological polar surface area (TPSA) is 57.8 Å². The summed E-state index contributed by atoms with van der Waals surface area (Å²) in [7, 11) is 0. The number of nitrogens with one attached hydrogen (secondary N) is 2. The van der Waals surface area contributed by atoms with Crippen LogP contribution >= 0.6 is 15.9 Å². The first-order chi connectivity index (χ1) is 12.1. The molecule has 25 heavy (non-hydrogen) atoms. The third-order valence-corrected chi connectivity index (χ3v) is 4.53. The summed E-state index contributed by atoms with van der Waals surface area (Å²) < 4.78 is 14.4. The summed E-state index contributed by atoms with van der Waals surface area (Å²) in [6.07, 6.45) is 1.59. The van der Waals surface area contributed by atoms with Crippen molar-refractivity contribution >= 4 is 43.6 Å². The molecule has 1 amide bonds. The van der Waals surface area contributed by atoms with Gasteiger partial charge in [0.15, 0.2) is 5.69 Å². The summed E-state index contributed by atoms with van der Waals surface area (Å²) in [5, 5.41) is 4.58. The smallest absolute Gasteiger partial charge is 0.272 e. The van der Waals surface area contributed by atoms with Crippen LogP contribution in [0.3, 0.4) is 0 Å². The third kappa shape index (κ3) is 3.00. The van der Waals surface area contributed by atoms with Crippen molar-refractivity contribution < 1.29 is 9.18 Å². The number of fused-ring (bicyclic) bond motifs is 3. The molecule has 0 unspecified atom stereocenters. The summed E-state index contributed by atoms with van der Waals surface area (Å²) in [6, 6.07) is 14.1. The van der Waals surface area contributed by atoms with Crippen LogP contribution in [-0.4, -0.2) is 15.9 Å². The first-order valence-corrected chi connectivity index (χ1v) is 8.50. The molecule has 0 saturated carbocycles. The highest BCUT2D eigenvalue weighted by atomic mass is 79.9. The van der Waals surface area contributed by atoms with Gasteiger partial charge in [0.1, 0.15) is 5.82 Å². The molecule has 0 aliphatic rings. The number of amides is 1. The van der Waals surface area contributed by atoms with Gasteiger partial charge < -0.3 is 10.3 Å². The standard InChI is InChI=1S/C19H13BrFN3O/c20-12-3-1-2-11(8-12)10-23-19(25)18-17-15(6-7-22-18)14-5-4-13(21)9-16(14)24-17/h1-9,24H,10H2,(H,23,25). The average Bonchev–Trinajstić information content (AvgIpc) is 2.97. The lowest BCUT2D eigenvalue weighted by Gasteiger charge is -2.06. The molecule has 2 heterocycles. The maximum atomic E-state index is 13.4. The molecular weight excluding hydrogens is 385 g/mol. The van der Waals surface area contributed by atoms with Crippen molar-refractivity contribution in [1.29, 1.82) is 0 Å². The van der Waals surface area contributed by atoms with Crippen LogP contribution in [0.2, 0.25) is 0 Å². The van der Waals surface area contributed by atoms with Crippen molar-refractivity contribution in [3.8, 4) is 0 Å². The summed E-state index contributed by atoms with van der Waals surface area (Å²) >= 11 is 3.41. The molecule has 124 valence electrons. The Morgan fingerprint density at radius 3 is 2.88 bits per heavy atom. The second kappa shape index (κ2) is 6.29. The Labute approximate surface area is 151 Å². The number of aromatic amines is 1. The van der Waals surface area contributed by atoms with Gasteiger partial charge in [-0.3, -0.25) is 4.79 Å². The zero-order chi connectivity index (χ0) is 17.4. The van der Waals surface area contributed by atoms with Crippen molar-refractivity contribution in [2.45, 2.75) is 6.54 Å². The van der Waals surface area contributed by atoms with Gasteiger partial charge in [0, 0.05) is 33.5 Å². The highest BCUT2D eigenvalue weighted by Gasteiger charge is 2.15. The number of hydrogen-bond acceptors (Lipinski definition) is 2. The fraction of sp³-hybridized carbons (Fsp3) is 0.0526. The number of pyridine rings is 1. The molecule has 4 rings (SSSR count). The van der Waals surface area contributed by atoms with Crippen molar-refractivity contribution in [3.63, 3.8) is 0 Å². The van der Waals surface area contributed by atoms with Gasteiger partial charge in [0.05, 0.1) is 5.52 Å². The van der Waals surface area contributed by atoms with E-state index in [1.54, 1.807) is 12.3 Å². The molecule has 0 atom stereocenters. The molecule has 6 heteroatoms. The van der Waals surface area contributed by atoms with E-state index in [1.807, 2.05) is 30.3 Å². The fourth-order valence-corrected chi connectivity index (χ4v) is 3.33. The maximum Gasteiger partial charge on any atom is 0.272 e. The predicted octanol–water partition coefficient (Wildman–Crippen LogP) is 4.55. The number of rotatable bonds is 3. The van der Waals surface area contributed by atoms with Crippen LogP contribution in [0.25, 0.3) is 21.8 Å². The molecule has 0 aliphatic carbocycles. The van der Waals surface area contributed by atoms with Crippen LogP contribution in [0.15, 0.2) is 59.2 Å². The monoisotopic (exact) mass is 397 g/mol. The van der Waals surface area contributed by atoms with E-state index < -0.39 is 0 Å². The average molecular weight is 398 g/mol. The largest absolute Gasteiger partial charge is 0.352 e. The molecule has 0 bridgehead atoms. The minimum Gasteiger partial charge on any atom is -0.352 e. The lowest BCUT2D eigenvalue weighted by atomic mass is 10.1. The molecule has 0 saturated heterocycles. The Morgan fingerprint density at radius 1 is 1.16 bits per heavy atom. The van der Waals surface area contributed by atoms with E-state index in [9.17, 15) is 9.18 Å². The number of carbonyl (C=O) groups is 1. The number of H-pyrrole nitrogens is 1. The van der Waals surface area contributed by atoms with Crippen LogP contribution in [0.1, 0.15) is 16.1 Å². The van der Waals surface area contributed by atoms with E-state index in [0.717, 1.165) is 20.8 Å². The quantitative estimate of drug-likeness (QED) is 0.532. The predicted molar refractivity (Wildman–Crippen MR) is 98.9 cm³/mol. The zero-order valence-corrected chi connectivity index (χ0v) is 14.6. The summed E-state index contributed by atoms with van der Waals surface area (Å²) in [5.74, 6) is -0.606. The normalized spacial score (nSPS) is 11.1. The van der Waals surface area contributed by atoms with Gasteiger partial charge in [0.2, 0.25) is 0 Å². The van der Waals surface area contributed by atoms with E-state index in [4.69, 9.17) is 0 Å². The Morgan fingerprint density at radius 2 is 2.04 bits per heavy atom. The third-order valence-electron chi connectivity index (χ3n) is 4.04. The molecular formula is C19H13BrFN3O. The molecule has 2 N–H and O–H groups in total. The Hall–Kier alpha value is -2.73. The van der Waals surface area contributed by atoms with E-state index >= 15 is 0 Å². The van der Waals surface area contributed by atoms with Gasteiger partial charge in [-0.1, -0.05) is 28.1 Å². The second-order valence-electron chi connectivity index (χ2n) is 5.71. The van der Waals surface area contributed by atoms with Crippen molar-refractivity contribution in [3.05, 3.63) is 76.3 Å². The molecule has 0 fully saturated rings. The van der Waals surface area contributed by atoms with E-state index in [0.29, 0.717) is 23.3 Å². The molecule has 0 aliphatic heterocycles. The summed E-state index contributed by atoms with van der Waals surface area (Å²) in [4.78, 5) is 19.9. The minimum absolute atomic E-state index is 0.280. The Kier molecular flexibility index (Phi) is 3.97. The second-order valence-corrected chi connectivity index (χ2v) is 6.63. The molecule has 2 aromatic carbocycles. The van der Waals surface area contributed by atoms with E-state index in [2.05, 4.69) is 31.2 Å². The number of nitrogens with zero attached hydrogens (tertiary/aromatic N) is 1. The zero-order valence-electron chi connectivity index (χ0n) is 13.0. The highest BCUT2D eigenvalue weighted by molar-refractivity contribution is 9.10. The van der Waals surface area contributed by atoms with Gasteiger partial charge in [0.25, 0.3) is 5.91 Å². The van der Waals surface area contributed by atoms with Crippen LogP contribution in [0.5, 0.6) is 0 Å². The van der Waals surface area contributed by atoms with E-state index in [-0.39, 0.29) is 11.7 Å². The highest BCUT2D eigenvalue weighted by Crippen LogP contribution is 2.27. The van der Waals surface area contributed by atoms with Crippen LogP contribution < -0.4 is 5.32 Å². The number of benzene rings is 2. The fourth-order valence-electron chi connectivity index (χ4n) is 2.89. The number of aromatic nitrogens is 2. The molecule has 0 spiro atoms. The SMILES string of the molecule is O=C(NCc1cccc(Br)c1)c1nccc2c1[nH]c1cc(F)ccc12.